The van der Waals surface area contributed by atoms with E-state index in [0.717, 1.165) is 4.90 Å². The standard InChI is InChI=1S/C33H40O6SSi/c1-23(34)36-30-29-28(38-33(5,6)39-29)27(37-31(30)40-24-16-10-7-11-17-24)22-35-41(32(2,3)4,25-18-12-8-13-19-25)26-20-14-9-15-21-26/h7-21,27-31H,22H2,1-6H3/t27-,28+,29+,30+,31-/m1/s1. The minimum Gasteiger partial charge on any atom is -0.456 e. The lowest BCUT2D eigenvalue weighted by atomic mass is 10.0. The average Bonchev–Trinajstić information content (AvgIpc) is 3.27. The Labute approximate surface area is 248 Å². The SMILES string of the molecule is CC(=O)O[C@H]1[C@H]2OC(C)(C)O[C@H]2[C@@H](CO[Si](c2ccccc2)(c2ccccc2)C(C)(C)C)O[C@@H]1Sc1ccccc1. The van der Waals surface area contributed by atoms with E-state index in [4.69, 9.17) is 23.4 Å². The molecule has 0 amide bonds. The molecule has 0 radical (unpaired) electrons. The van der Waals surface area contributed by atoms with Crippen molar-refractivity contribution in [3.63, 3.8) is 0 Å². The van der Waals surface area contributed by atoms with Crippen molar-refractivity contribution in [3.05, 3.63) is 91.0 Å². The Bertz CT molecular complexity index is 1260. The van der Waals surface area contributed by atoms with Gasteiger partial charge in [-0.25, -0.2) is 0 Å². The summed E-state index contributed by atoms with van der Waals surface area (Å²) in [7, 11) is -2.82. The largest absolute Gasteiger partial charge is 0.456 e. The molecule has 5 rings (SSSR count). The van der Waals surface area contributed by atoms with Crippen LogP contribution in [0.3, 0.4) is 0 Å². The van der Waals surface area contributed by atoms with Crippen LogP contribution in [0.25, 0.3) is 0 Å². The Hall–Kier alpha value is -2.46. The number of thioether (sulfide) groups is 1. The first-order valence-electron chi connectivity index (χ1n) is 14.2. The third kappa shape index (κ3) is 6.33. The maximum absolute atomic E-state index is 12.2. The highest BCUT2D eigenvalue weighted by atomic mass is 32.2. The molecule has 2 fully saturated rings. The van der Waals surface area contributed by atoms with Gasteiger partial charge in [-0.2, -0.15) is 0 Å². The first-order valence-corrected chi connectivity index (χ1v) is 16.9. The van der Waals surface area contributed by atoms with Gasteiger partial charge in [-0.05, 0) is 41.4 Å². The van der Waals surface area contributed by atoms with Crippen LogP contribution in [0.2, 0.25) is 5.04 Å². The molecule has 0 bridgehead atoms. The molecule has 2 saturated heterocycles. The van der Waals surface area contributed by atoms with Gasteiger partial charge < -0.3 is 23.4 Å². The smallest absolute Gasteiger partial charge is 0.303 e. The fraction of sp³-hybridized carbons (Fsp3) is 0.424. The van der Waals surface area contributed by atoms with Crippen LogP contribution in [0.5, 0.6) is 0 Å². The Kier molecular flexibility index (Phi) is 8.81. The second-order valence-electron chi connectivity index (χ2n) is 12.1. The predicted octanol–water partition coefficient (Wildman–Crippen LogP) is 5.53. The molecule has 218 valence electrons. The van der Waals surface area contributed by atoms with Gasteiger partial charge in [0.25, 0.3) is 8.32 Å². The highest BCUT2D eigenvalue weighted by molar-refractivity contribution is 7.99. The summed E-state index contributed by atoms with van der Waals surface area (Å²) in [6.45, 7) is 12.3. The molecule has 3 aromatic carbocycles. The number of esters is 1. The van der Waals surface area contributed by atoms with Gasteiger partial charge in [-0.1, -0.05) is 111 Å². The van der Waals surface area contributed by atoms with Gasteiger partial charge in [0, 0.05) is 11.8 Å². The summed E-state index contributed by atoms with van der Waals surface area (Å²) < 4.78 is 32.7. The molecule has 2 aliphatic rings. The predicted molar refractivity (Wildman–Crippen MR) is 164 cm³/mol. The summed E-state index contributed by atoms with van der Waals surface area (Å²) in [6, 6.07) is 31.1. The van der Waals surface area contributed by atoms with Crippen LogP contribution < -0.4 is 10.4 Å². The first-order chi connectivity index (χ1) is 19.5. The zero-order chi connectivity index (χ0) is 29.3. The second-order valence-corrected chi connectivity index (χ2v) is 17.6. The van der Waals surface area contributed by atoms with Crippen molar-refractivity contribution >= 4 is 36.4 Å². The van der Waals surface area contributed by atoms with E-state index < -0.39 is 44.0 Å². The number of carbonyl (C=O) groups excluding carboxylic acids is 1. The molecule has 2 aliphatic heterocycles. The molecule has 5 atom stereocenters. The average molecular weight is 593 g/mol. The minimum atomic E-state index is -2.82. The zero-order valence-electron chi connectivity index (χ0n) is 24.6. The van der Waals surface area contributed by atoms with Gasteiger partial charge in [-0.3, -0.25) is 4.79 Å². The first kappa shape index (κ1) is 30.0. The van der Waals surface area contributed by atoms with Gasteiger partial charge in [-0.15, -0.1) is 0 Å². The minimum absolute atomic E-state index is 0.186. The zero-order valence-corrected chi connectivity index (χ0v) is 26.4. The number of fused-ring (bicyclic) bond motifs is 1. The van der Waals surface area contributed by atoms with E-state index in [-0.39, 0.29) is 11.0 Å². The number of benzene rings is 3. The molecule has 0 unspecified atom stereocenters. The Morgan fingerprint density at radius 2 is 1.37 bits per heavy atom. The van der Waals surface area contributed by atoms with Crippen LogP contribution in [-0.4, -0.2) is 56.5 Å². The Balaban J connectivity index is 1.52. The van der Waals surface area contributed by atoms with Crippen LogP contribution in [0.4, 0.5) is 0 Å². The van der Waals surface area contributed by atoms with Crippen molar-refractivity contribution in [2.75, 3.05) is 6.61 Å². The Morgan fingerprint density at radius 1 is 0.854 bits per heavy atom. The van der Waals surface area contributed by atoms with Crippen molar-refractivity contribution in [1.82, 2.24) is 0 Å². The Morgan fingerprint density at radius 3 is 1.88 bits per heavy atom. The topological polar surface area (TPSA) is 63.2 Å². The van der Waals surface area contributed by atoms with E-state index in [2.05, 4.69) is 69.3 Å². The van der Waals surface area contributed by atoms with Gasteiger partial charge in [0.05, 0.1) is 6.61 Å². The van der Waals surface area contributed by atoms with Crippen LogP contribution in [0.1, 0.15) is 41.5 Å². The van der Waals surface area contributed by atoms with Gasteiger partial charge in [0.1, 0.15) is 23.7 Å². The van der Waals surface area contributed by atoms with Crippen molar-refractivity contribution < 1.29 is 28.2 Å². The molecule has 6 nitrogen and oxygen atoms in total. The summed E-state index contributed by atoms with van der Waals surface area (Å²) in [6.07, 6.45) is -2.07. The van der Waals surface area contributed by atoms with Gasteiger partial charge >= 0.3 is 5.97 Å². The van der Waals surface area contributed by atoms with E-state index in [1.165, 1.54) is 29.1 Å². The summed E-state index contributed by atoms with van der Waals surface area (Å²) in [5.74, 6) is -1.25. The molecule has 41 heavy (non-hydrogen) atoms. The molecular weight excluding hydrogens is 553 g/mol. The third-order valence-electron chi connectivity index (χ3n) is 7.61. The highest BCUT2D eigenvalue weighted by Crippen LogP contribution is 2.44. The maximum atomic E-state index is 12.2. The number of ether oxygens (including phenoxy) is 4. The quantitative estimate of drug-likeness (QED) is 0.252. The fourth-order valence-corrected chi connectivity index (χ4v) is 11.7. The number of hydrogen-bond donors (Lipinski definition) is 0. The fourth-order valence-electron chi connectivity index (χ4n) is 5.99. The van der Waals surface area contributed by atoms with Crippen LogP contribution >= 0.6 is 11.8 Å². The maximum Gasteiger partial charge on any atom is 0.303 e. The number of carbonyl (C=O) groups is 1. The molecule has 0 N–H and O–H groups in total. The summed E-state index contributed by atoms with van der Waals surface area (Å²) in [4.78, 5) is 13.2. The molecule has 8 heteroatoms. The number of rotatable bonds is 8. The van der Waals surface area contributed by atoms with Crippen molar-refractivity contribution in [1.29, 1.82) is 0 Å². The van der Waals surface area contributed by atoms with Crippen molar-refractivity contribution in [2.45, 2.75) is 87.1 Å². The van der Waals surface area contributed by atoms with E-state index in [0.29, 0.717) is 6.61 Å². The monoisotopic (exact) mass is 592 g/mol. The molecule has 0 aliphatic carbocycles. The summed E-state index contributed by atoms with van der Waals surface area (Å²) in [5, 5.41) is 2.21. The van der Waals surface area contributed by atoms with Crippen molar-refractivity contribution in [2.24, 2.45) is 0 Å². The lowest BCUT2D eigenvalue weighted by molar-refractivity contribution is -0.191. The highest BCUT2D eigenvalue weighted by Gasteiger charge is 2.58. The van der Waals surface area contributed by atoms with Gasteiger partial charge in [0.15, 0.2) is 11.9 Å². The van der Waals surface area contributed by atoms with Crippen molar-refractivity contribution in [3.8, 4) is 0 Å². The molecule has 0 saturated carbocycles. The van der Waals surface area contributed by atoms with E-state index in [1.54, 1.807) is 0 Å². The van der Waals surface area contributed by atoms with E-state index in [9.17, 15) is 4.79 Å². The third-order valence-corrected chi connectivity index (χ3v) is 13.8. The van der Waals surface area contributed by atoms with Crippen LogP contribution in [0.15, 0.2) is 95.9 Å². The van der Waals surface area contributed by atoms with E-state index >= 15 is 0 Å². The van der Waals surface area contributed by atoms with Crippen LogP contribution in [0, 0.1) is 0 Å². The van der Waals surface area contributed by atoms with E-state index in [1.807, 2.05) is 56.3 Å². The second kappa shape index (κ2) is 12.0. The van der Waals surface area contributed by atoms with Crippen LogP contribution in [-0.2, 0) is 28.2 Å². The molecule has 0 spiro atoms. The van der Waals surface area contributed by atoms with Gasteiger partial charge in [0.2, 0.25) is 0 Å². The molecule has 3 aromatic rings. The number of hydrogen-bond acceptors (Lipinski definition) is 7. The lowest BCUT2D eigenvalue weighted by Crippen LogP contribution is -2.68. The molecule has 0 aromatic heterocycles. The molecular formula is C33H40O6SSi. The summed E-state index contributed by atoms with van der Waals surface area (Å²) in [5.41, 5.74) is -0.507. The lowest BCUT2D eigenvalue weighted by Gasteiger charge is -2.46. The normalized spacial score (nSPS) is 25.9. The summed E-state index contributed by atoms with van der Waals surface area (Å²) >= 11 is 1.52. The molecule has 2 heterocycles.